The number of hydrogen-bond acceptors (Lipinski definition) is 2. The second kappa shape index (κ2) is 8.51. The third kappa shape index (κ3) is 4.72. The minimum absolute atomic E-state index is 0.159. The van der Waals surface area contributed by atoms with Crippen molar-refractivity contribution in [3.63, 3.8) is 0 Å². The van der Waals surface area contributed by atoms with E-state index in [-0.39, 0.29) is 5.82 Å². The molecule has 0 spiro atoms. The predicted octanol–water partition coefficient (Wildman–Crippen LogP) is 2.71. The number of aliphatic imine (C=N–C) groups is 1. The largest absolute Gasteiger partial charge is 0.493 e. The molecular formula is C20H24FN3O. The van der Waals surface area contributed by atoms with Crippen molar-refractivity contribution < 1.29 is 9.13 Å². The van der Waals surface area contributed by atoms with Crippen LogP contribution in [-0.4, -0.2) is 32.7 Å². The Morgan fingerprint density at radius 3 is 2.72 bits per heavy atom. The van der Waals surface area contributed by atoms with Crippen molar-refractivity contribution in [1.29, 1.82) is 0 Å². The fourth-order valence-corrected chi connectivity index (χ4v) is 2.96. The van der Waals surface area contributed by atoms with Crippen LogP contribution in [0.4, 0.5) is 4.39 Å². The summed E-state index contributed by atoms with van der Waals surface area (Å²) in [6.45, 7) is 2.21. The van der Waals surface area contributed by atoms with E-state index in [1.54, 1.807) is 13.1 Å². The van der Waals surface area contributed by atoms with Crippen LogP contribution < -0.4 is 15.4 Å². The maximum atomic E-state index is 13.6. The van der Waals surface area contributed by atoms with Gasteiger partial charge >= 0.3 is 0 Å². The minimum atomic E-state index is -0.159. The zero-order chi connectivity index (χ0) is 17.5. The minimum Gasteiger partial charge on any atom is -0.493 e. The average Bonchev–Trinajstić information content (AvgIpc) is 3.09. The normalized spacial score (nSPS) is 13.3. The zero-order valence-electron chi connectivity index (χ0n) is 14.5. The molecule has 132 valence electrons. The Labute approximate surface area is 148 Å². The van der Waals surface area contributed by atoms with Gasteiger partial charge in [0.1, 0.15) is 11.6 Å². The van der Waals surface area contributed by atoms with Crippen molar-refractivity contribution in [2.24, 2.45) is 4.99 Å². The molecule has 5 heteroatoms. The second-order valence-corrected chi connectivity index (χ2v) is 6.06. The summed E-state index contributed by atoms with van der Waals surface area (Å²) in [5, 5.41) is 6.53. The van der Waals surface area contributed by atoms with E-state index >= 15 is 0 Å². The summed E-state index contributed by atoms with van der Waals surface area (Å²) in [6, 6.07) is 13.2. The number of ether oxygens (including phenoxy) is 1. The van der Waals surface area contributed by atoms with Crippen molar-refractivity contribution >= 4 is 5.96 Å². The molecule has 0 unspecified atom stereocenters. The van der Waals surface area contributed by atoms with Gasteiger partial charge < -0.3 is 15.4 Å². The molecule has 0 radical (unpaired) electrons. The van der Waals surface area contributed by atoms with Gasteiger partial charge in [-0.15, -0.1) is 0 Å². The summed E-state index contributed by atoms with van der Waals surface area (Å²) in [5.41, 5.74) is 3.30. The number of hydrogen-bond donors (Lipinski definition) is 2. The molecule has 0 atom stereocenters. The molecule has 1 aliphatic heterocycles. The molecule has 1 aliphatic rings. The van der Waals surface area contributed by atoms with Gasteiger partial charge in [0.2, 0.25) is 0 Å². The lowest BCUT2D eigenvalue weighted by Gasteiger charge is -2.12. The number of fused-ring (bicyclic) bond motifs is 1. The highest BCUT2D eigenvalue weighted by atomic mass is 19.1. The van der Waals surface area contributed by atoms with Gasteiger partial charge in [0.25, 0.3) is 0 Å². The number of halogens is 1. The number of guanidine groups is 1. The van der Waals surface area contributed by atoms with Crippen LogP contribution >= 0.6 is 0 Å². The van der Waals surface area contributed by atoms with Crippen LogP contribution in [0, 0.1) is 5.82 Å². The molecule has 0 aromatic heterocycles. The highest BCUT2D eigenvalue weighted by molar-refractivity contribution is 5.79. The molecule has 2 aromatic rings. The second-order valence-electron chi connectivity index (χ2n) is 6.06. The standard InChI is InChI=1S/C20H24FN3O/c1-22-20(24-12-9-16-4-2-3-5-18(16)21)23-11-8-15-6-7-19-17(14-15)10-13-25-19/h2-7,14H,8-13H2,1H3,(H2,22,23,24). The van der Waals surface area contributed by atoms with Crippen molar-refractivity contribution in [2.45, 2.75) is 19.3 Å². The molecule has 0 aliphatic carbocycles. The van der Waals surface area contributed by atoms with E-state index in [0.29, 0.717) is 18.5 Å². The topological polar surface area (TPSA) is 45.7 Å². The number of benzene rings is 2. The lowest BCUT2D eigenvalue weighted by Crippen LogP contribution is -2.39. The summed E-state index contributed by atoms with van der Waals surface area (Å²) in [4.78, 5) is 4.21. The Morgan fingerprint density at radius 2 is 1.92 bits per heavy atom. The van der Waals surface area contributed by atoms with E-state index in [9.17, 15) is 4.39 Å². The van der Waals surface area contributed by atoms with Crippen LogP contribution in [0.1, 0.15) is 16.7 Å². The van der Waals surface area contributed by atoms with E-state index < -0.39 is 0 Å². The summed E-state index contributed by atoms with van der Waals surface area (Å²) in [5.74, 6) is 1.59. The van der Waals surface area contributed by atoms with Gasteiger partial charge in [-0.25, -0.2) is 4.39 Å². The van der Waals surface area contributed by atoms with E-state index in [1.165, 1.54) is 17.2 Å². The predicted molar refractivity (Wildman–Crippen MR) is 98.8 cm³/mol. The summed E-state index contributed by atoms with van der Waals surface area (Å²) < 4.78 is 19.1. The summed E-state index contributed by atoms with van der Waals surface area (Å²) in [6.07, 6.45) is 2.54. The SMILES string of the molecule is CN=C(NCCc1ccc2c(c1)CCO2)NCCc1ccccc1F. The highest BCUT2D eigenvalue weighted by Gasteiger charge is 2.11. The Balaban J connectivity index is 1.41. The summed E-state index contributed by atoms with van der Waals surface area (Å²) in [7, 11) is 1.74. The van der Waals surface area contributed by atoms with Crippen LogP contribution in [0.5, 0.6) is 5.75 Å². The number of nitrogens with one attached hydrogen (secondary N) is 2. The van der Waals surface area contributed by atoms with Crippen LogP contribution in [0.25, 0.3) is 0 Å². The van der Waals surface area contributed by atoms with Gasteiger partial charge in [-0.1, -0.05) is 30.3 Å². The van der Waals surface area contributed by atoms with E-state index in [1.807, 2.05) is 12.1 Å². The van der Waals surface area contributed by atoms with E-state index in [4.69, 9.17) is 4.74 Å². The van der Waals surface area contributed by atoms with E-state index in [0.717, 1.165) is 37.7 Å². The third-order valence-corrected chi connectivity index (χ3v) is 4.33. The Kier molecular flexibility index (Phi) is 5.88. The van der Waals surface area contributed by atoms with Gasteiger partial charge in [0.05, 0.1) is 6.61 Å². The first kappa shape index (κ1) is 17.3. The maximum absolute atomic E-state index is 13.6. The van der Waals surface area contributed by atoms with Crippen LogP contribution in [0.2, 0.25) is 0 Å². The lowest BCUT2D eigenvalue weighted by molar-refractivity contribution is 0.357. The fourth-order valence-electron chi connectivity index (χ4n) is 2.96. The molecular weight excluding hydrogens is 317 g/mol. The smallest absolute Gasteiger partial charge is 0.190 e. The third-order valence-electron chi connectivity index (χ3n) is 4.33. The molecule has 3 rings (SSSR count). The van der Waals surface area contributed by atoms with Gasteiger partial charge in [-0.05, 0) is 41.7 Å². The Morgan fingerprint density at radius 1 is 1.12 bits per heavy atom. The first-order valence-electron chi connectivity index (χ1n) is 8.69. The van der Waals surface area contributed by atoms with Gasteiger partial charge in [-0.3, -0.25) is 4.99 Å². The zero-order valence-corrected chi connectivity index (χ0v) is 14.5. The molecule has 4 nitrogen and oxygen atoms in total. The monoisotopic (exact) mass is 341 g/mol. The van der Waals surface area contributed by atoms with Gasteiger partial charge in [-0.2, -0.15) is 0 Å². The average molecular weight is 341 g/mol. The van der Waals surface area contributed by atoms with Crippen molar-refractivity contribution in [2.75, 3.05) is 26.7 Å². The highest BCUT2D eigenvalue weighted by Crippen LogP contribution is 2.25. The fraction of sp³-hybridized carbons (Fsp3) is 0.350. The maximum Gasteiger partial charge on any atom is 0.190 e. The van der Waals surface area contributed by atoms with Crippen molar-refractivity contribution in [3.8, 4) is 5.75 Å². The quantitative estimate of drug-likeness (QED) is 0.627. The van der Waals surface area contributed by atoms with Gasteiger partial charge in [0.15, 0.2) is 5.96 Å². The van der Waals surface area contributed by atoms with Gasteiger partial charge in [0, 0.05) is 26.6 Å². The Bertz CT molecular complexity index is 745. The van der Waals surface area contributed by atoms with Crippen LogP contribution in [0.15, 0.2) is 47.5 Å². The molecule has 25 heavy (non-hydrogen) atoms. The first-order valence-corrected chi connectivity index (χ1v) is 8.69. The summed E-state index contributed by atoms with van der Waals surface area (Å²) >= 11 is 0. The van der Waals surface area contributed by atoms with Crippen LogP contribution in [0.3, 0.4) is 0 Å². The number of rotatable bonds is 6. The Hall–Kier alpha value is -2.56. The molecule has 0 bridgehead atoms. The molecule has 0 saturated carbocycles. The first-order chi connectivity index (χ1) is 12.3. The molecule has 1 heterocycles. The molecule has 0 fully saturated rings. The molecule has 2 N–H and O–H groups in total. The molecule has 0 saturated heterocycles. The van der Waals surface area contributed by atoms with Crippen molar-refractivity contribution in [3.05, 3.63) is 65.0 Å². The molecule has 0 amide bonds. The van der Waals surface area contributed by atoms with Crippen molar-refractivity contribution in [1.82, 2.24) is 10.6 Å². The molecule has 2 aromatic carbocycles. The van der Waals surface area contributed by atoms with E-state index in [2.05, 4.69) is 33.8 Å². The van der Waals surface area contributed by atoms with Crippen LogP contribution in [-0.2, 0) is 19.3 Å². The lowest BCUT2D eigenvalue weighted by atomic mass is 10.1. The number of nitrogens with zero attached hydrogens (tertiary/aromatic N) is 1.